The summed E-state index contributed by atoms with van der Waals surface area (Å²) in [5.74, 6) is 0.509. The van der Waals surface area contributed by atoms with Gasteiger partial charge in [-0.05, 0) is 5.82 Å². The molecule has 8 heavy (non-hydrogen) atoms. The first-order valence-electron chi connectivity index (χ1n) is 3.42. The van der Waals surface area contributed by atoms with Crippen LogP contribution in [0.4, 0.5) is 0 Å². The molecule has 0 aromatic heterocycles. The van der Waals surface area contributed by atoms with Gasteiger partial charge in [-0.15, -0.1) is 0 Å². The maximum atomic E-state index is 8.56. The topological polar surface area (TPSA) is 20.2 Å². The molecule has 0 rings (SSSR count). The molecule has 0 aliphatic rings. The van der Waals surface area contributed by atoms with E-state index < -0.39 is 0 Å². The molecule has 48 valence electrons. The van der Waals surface area contributed by atoms with Gasteiger partial charge in [0, 0.05) is 6.61 Å². The van der Waals surface area contributed by atoms with Crippen LogP contribution in [0.3, 0.4) is 0 Å². The molecule has 0 aromatic rings. The third kappa shape index (κ3) is 4.19. The zero-order chi connectivity index (χ0) is 6.41. The molecule has 0 aliphatic carbocycles. The molecule has 1 unspecified atom stereocenters. The lowest BCUT2D eigenvalue weighted by atomic mass is 9.84. The number of hydrogen-bond acceptors (Lipinski definition) is 1. The lowest BCUT2D eigenvalue weighted by Gasteiger charge is -2.03. The average molecular weight is 114 g/mol. The van der Waals surface area contributed by atoms with Gasteiger partial charge in [0.1, 0.15) is 7.85 Å². The Labute approximate surface area is 52.5 Å². The van der Waals surface area contributed by atoms with E-state index in [-0.39, 0.29) is 0 Å². The summed E-state index contributed by atoms with van der Waals surface area (Å²) in [6, 6.07) is 0. The molecule has 1 N–H and O–H groups in total. The standard InChI is InChI=1S/C6H15BO/c1-2-3-4-6(7)5-8/h6,8H,2-5,7H2,1H3. The third-order valence-corrected chi connectivity index (χ3v) is 1.36. The molecule has 0 amide bonds. The molecule has 0 heterocycles. The second-order valence-electron chi connectivity index (χ2n) is 2.43. The minimum Gasteiger partial charge on any atom is -0.397 e. The van der Waals surface area contributed by atoms with E-state index in [2.05, 4.69) is 14.8 Å². The Hall–Kier alpha value is 0.0249. The van der Waals surface area contributed by atoms with E-state index in [9.17, 15) is 0 Å². The van der Waals surface area contributed by atoms with Gasteiger partial charge >= 0.3 is 0 Å². The summed E-state index contributed by atoms with van der Waals surface area (Å²) in [6.45, 7) is 2.52. The van der Waals surface area contributed by atoms with Gasteiger partial charge in [-0.1, -0.05) is 26.2 Å². The summed E-state index contributed by atoms with van der Waals surface area (Å²) in [6.07, 6.45) is 3.67. The minimum atomic E-state index is 0.347. The molecule has 0 saturated heterocycles. The number of aliphatic hydroxyl groups is 1. The van der Waals surface area contributed by atoms with Gasteiger partial charge < -0.3 is 5.11 Å². The summed E-state index contributed by atoms with van der Waals surface area (Å²) in [5.41, 5.74) is 0. The third-order valence-electron chi connectivity index (χ3n) is 1.36. The molecule has 0 bridgehead atoms. The van der Waals surface area contributed by atoms with Gasteiger partial charge in [-0.25, -0.2) is 0 Å². The molecular weight excluding hydrogens is 98.9 g/mol. The quantitative estimate of drug-likeness (QED) is 0.530. The van der Waals surface area contributed by atoms with Crippen LogP contribution in [0.15, 0.2) is 0 Å². The normalized spacial score (nSPS) is 13.8. The lowest BCUT2D eigenvalue weighted by Crippen LogP contribution is -1.97. The largest absolute Gasteiger partial charge is 0.397 e. The van der Waals surface area contributed by atoms with Crippen LogP contribution in [0.25, 0.3) is 0 Å². The Morgan fingerprint density at radius 1 is 1.62 bits per heavy atom. The van der Waals surface area contributed by atoms with Crippen molar-refractivity contribution in [3.63, 3.8) is 0 Å². The molecule has 0 aromatic carbocycles. The maximum absolute atomic E-state index is 8.56. The van der Waals surface area contributed by atoms with Gasteiger partial charge in [0.25, 0.3) is 0 Å². The Bertz CT molecular complexity index is 47.8. The van der Waals surface area contributed by atoms with Crippen molar-refractivity contribution in [2.24, 2.45) is 0 Å². The molecule has 0 fully saturated rings. The Balaban J connectivity index is 2.86. The number of hydrogen-bond donors (Lipinski definition) is 1. The molecule has 1 atom stereocenters. The molecule has 0 aliphatic heterocycles. The molecular formula is C6H15BO. The first kappa shape index (κ1) is 8.02. The first-order valence-corrected chi connectivity index (χ1v) is 3.42. The van der Waals surface area contributed by atoms with Crippen LogP contribution < -0.4 is 0 Å². The number of rotatable bonds is 4. The van der Waals surface area contributed by atoms with Crippen molar-refractivity contribution in [3.8, 4) is 0 Å². The van der Waals surface area contributed by atoms with Crippen molar-refractivity contribution in [1.29, 1.82) is 0 Å². The van der Waals surface area contributed by atoms with E-state index in [0.29, 0.717) is 12.4 Å². The molecule has 2 heteroatoms. The second-order valence-corrected chi connectivity index (χ2v) is 2.43. The summed E-state index contributed by atoms with van der Waals surface area (Å²) in [7, 11) is 2.08. The van der Waals surface area contributed by atoms with Gasteiger partial charge in [-0.3, -0.25) is 0 Å². The van der Waals surface area contributed by atoms with Gasteiger partial charge in [-0.2, -0.15) is 0 Å². The molecule has 0 radical (unpaired) electrons. The molecule has 0 spiro atoms. The SMILES string of the molecule is BC(CO)CCCC. The van der Waals surface area contributed by atoms with Gasteiger partial charge in [0.05, 0.1) is 0 Å². The van der Waals surface area contributed by atoms with Crippen LogP contribution in [0.5, 0.6) is 0 Å². The zero-order valence-electron chi connectivity index (χ0n) is 5.85. The Morgan fingerprint density at radius 2 is 2.25 bits per heavy atom. The highest BCUT2D eigenvalue weighted by Gasteiger charge is 1.96. The van der Waals surface area contributed by atoms with Gasteiger partial charge in [0.15, 0.2) is 0 Å². The predicted octanol–water partition coefficient (Wildman–Crippen LogP) is 0.591. The summed E-state index contributed by atoms with van der Waals surface area (Å²) in [4.78, 5) is 0. The predicted molar refractivity (Wildman–Crippen MR) is 38.9 cm³/mol. The van der Waals surface area contributed by atoms with Crippen LogP contribution in [0, 0.1) is 0 Å². The van der Waals surface area contributed by atoms with E-state index in [4.69, 9.17) is 5.11 Å². The summed E-state index contributed by atoms with van der Waals surface area (Å²) >= 11 is 0. The minimum absolute atomic E-state index is 0.347. The maximum Gasteiger partial charge on any atom is 0.108 e. The van der Waals surface area contributed by atoms with Crippen LogP contribution in [0.1, 0.15) is 26.2 Å². The fourth-order valence-electron chi connectivity index (χ4n) is 0.644. The van der Waals surface area contributed by atoms with Gasteiger partial charge in [0.2, 0.25) is 0 Å². The fourth-order valence-corrected chi connectivity index (χ4v) is 0.644. The highest BCUT2D eigenvalue weighted by atomic mass is 16.3. The number of aliphatic hydroxyl groups excluding tert-OH is 1. The van der Waals surface area contributed by atoms with E-state index in [1.54, 1.807) is 0 Å². The first-order chi connectivity index (χ1) is 3.81. The highest BCUT2D eigenvalue weighted by Crippen LogP contribution is 2.07. The highest BCUT2D eigenvalue weighted by molar-refractivity contribution is 6.11. The van der Waals surface area contributed by atoms with Crippen molar-refractivity contribution < 1.29 is 5.11 Å². The van der Waals surface area contributed by atoms with Crippen LogP contribution in [-0.4, -0.2) is 19.6 Å². The van der Waals surface area contributed by atoms with E-state index >= 15 is 0 Å². The number of unbranched alkanes of at least 4 members (excludes halogenated alkanes) is 1. The van der Waals surface area contributed by atoms with Crippen molar-refractivity contribution >= 4 is 7.85 Å². The summed E-state index contributed by atoms with van der Waals surface area (Å²) in [5, 5.41) is 8.56. The molecule has 1 nitrogen and oxygen atoms in total. The Kier molecular flexibility index (Phi) is 5.18. The van der Waals surface area contributed by atoms with E-state index in [0.717, 1.165) is 0 Å². The zero-order valence-corrected chi connectivity index (χ0v) is 5.85. The average Bonchev–Trinajstić information content (AvgIpc) is 1.83. The lowest BCUT2D eigenvalue weighted by molar-refractivity contribution is 0.283. The van der Waals surface area contributed by atoms with Crippen molar-refractivity contribution in [2.45, 2.75) is 32.0 Å². The van der Waals surface area contributed by atoms with Crippen molar-refractivity contribution in [3.05, 3.63) is 0 Å². The van der Waals surface area contributed by atoms with Crippen LogP contribution >= 0.6 is 0 Å². The second kappa shape index (κ2) is 5.17. The van der Waals surface area contributed by atoms with E-state index in [1.807, 2.05) is 0 Å². The smallest absolute Gasteiger partial charge is 0.108 e. The van der Waals surface area contributed by atoms with Crippen LogP contribution in [0.2, 0.25) is 5.82 Å². The van der Waals surface area contributed by atoms with Crippen LogP contribution in [-0.2, 0) is 0 Å². The van der Waals surface area contributed by atoms with Crippen molar-refractivity contribution in [1.82, 2.24) is 0 Å². The monoisotopic (exact) mass is 114 g/mol. The molecule has 0 saturated carbocycles. The van der Waals surface area contributed by atoms with Crippen molar-refractivity contribution in [2.75, 3.05) is 6.61 Å². The fraction of sp³-hybridized carbons (Fsp3) is 1.00. The Morgan fingerprint density at radius 3 is 2.62 bits per heavy atom. The van der Waals surface area contributed by atoms with E-state index in [1.165, 1.54) is 19.3 Å². The summed E-state index contributed by atoms with van der Waals surface area (Å²) < 4.78 is 0.